The fraction of sp³-hybridized carbons (Fsp3) is 0.400. The van der Waals surface area contributed by atoms with E-state index in [1.54, 1.807) is 24.3 Å². The molecule has 19 heavy (non-hydrogen) atoms. The zero-order valence-corrected chi connectivity index (χ0v) is 12.6. The smallest absolute Gasteiger partial charge is 0.126 e. The van der Waals surface area contributed by atoms with Crippen LogP contribution in [0.2, 0.25) is 0 Å². The Morgan fingerprint density at radius 1 is 1.32 bits per heavy atom. The first-order valence-corrected chi connectivity index (χ1v) is 7.21. The molecule has 1 N–H and O–H groups in total. The number of hydrogen-bond donors (Lipinski definition) is 1. The molecule has 0 radical (unpaired) electrons. The number of thiazole rings is 1. The van der Waals surface area contributed by atoms with E-state index < -0.39 is 0 Å². The summed E-state index contributed by atoms with van der Waals surface area (Å²) in [7, 11) is 0. The minimum absolute atomic E-state index is 0.111. The van der Waals surface area contributed by atoms with E-state index in [1.165, 1.54) is 4.88 Å². The summed E-state index contributed by atoms with van der Waals surface area (Å²) in [5, 5.41) is 4.46. The maximum Gasteiger partial charge on any atom is 0.126 e. The van der Waals surface area contributed by atoms with E-state index in [0.717, 1.165) is 22.8 Å². The molecule has 1 aromatic heterocycles. The van der Waals surface area contributed by atoms with Gasteiger partial charge in [0, 0.05) is 17.5 Å². The predicted octanol–water partition coefficient (Wildman–Crippen LogP) is 4.06. The molecular formula is C15H19FN2S. The number of aryl methyl sites for hydroxylation is 3. The van der Waals surface area contributed by atoms with Crippen LogP contribution in [0.5, 0.6) is 0 Å². The lowest BCUT2D eigenvalue weighted by Gasteiger charge is -2.13. The first-order valence-electron chi connectivity index (χ1n) is 6.39. The van der Waals surface area contributed by atoms with E-state index in [9.17, 15) is 4.39 Å². The Morgan fingerprint density at radius 2 is 2.05 bits per heavy atom. The van der Waals surface area contributed by atoms with Crippen molar-refractivity contribution in [3.63, 3.8) is 0 Å². The molecule has 1 atom stereocenters. The van der Waals surface area contributed by atoms with Gasteiger partial charge in [0.2, 0.25) is 0 Å². The highest BCUT2D eigenvalue weighted by Crippen LogP contribution is 2.19. The molecule has 0 aliphatic carbocycles. The van der Waals surface area contributed by atoms with Gasteiger partial charge in [0.15, 0.2) is 0 Å². The molecule has 0 saturated heterocycles. The quantitative estimate of drug-likeness (QED) is 0.912. The molecule has 102 valence electrons. The van der Waals surface area contributed by atoms with Gasteiger partial charge in [-0.1, -0.05) is 12.1 Å². The summed E-state index contributed by atoms with van der Waals surface area (Å²) >= 11 is 1.71. The molecule has 2 rings (SSSR count). The van der Waals surface area contributed by atoms with Crippen molar-refractivity contribution in [3.8, 4) is 0 Å². The Bertz CT molecular complexity index is 558. The molecule has 0 amide bonds. The molecule has 2 aromatic rings. The standard InChI is InChI=1S/C15H19FN2S/c1-9-5-6-13(7-14(9)16)11(3)17-8-15-18-10(2)12(4)19-15/h5-7,11,17H,8H2,1-4H3. The lowest BCUT2D eigenvalue weighted by atomic mass is 10.1. The van der Waals surface area contributed by atoms with E-state index in [1.807, 2.05) is 26.0 Å². The average molecular weight is 278 g/mol. The molecule has 0 aliphatic heterocycles. The highest BCUT2D eigenvalue weighted by atomic mass is 32.1. The number of rotatable bonds is 4. The first-order chi connectivity index (χ1) is 8.97. The second-order valence-corrected chi connectivity index (χ2v) is 6.15. The lowest BCUT2D eigenvalue weighted by molar-refractivity contribution is 0.562. The third kappa shape index (κ3) is 3.39. The van der Waals surface area contributed by atoms with Crippen molar-refractivity contribution in [1.29, 1.82) is 0 Å². The van der Waals surface area contributed by atoms with Gasteiger partial charge in [-0.15, -0.1) is 11.3 Å². The van der Waals surface area contributed by atoms with E-state index >= 15 is 0 Å². The Labute approximate surface area is 117 Å². The minimum atomic E-state index is -0.146. The second-order valence-electron chi connectivity index (χ2n) is 4.86. The Morgan fingerprint density at radius 3 is 2.63 bits per heavy atom. The Hall–Kier alpha value is -1.26. The molecule has 0 aliphatic rings. The summed E-state index contributed by atoms with van der Waals surface area (Å²) in [6.07, 6.45) is 0. The largest absolute Gasteiger partial charge is 0.304 e. The molecule has 2 nitrogen and oxygen atoms in total. The fourth-order valence-corrected chi connectivity index (χ4v) is 2.74. The van der Waals surface area contributed by atoms with Crippen molar-refractivity contribution < 1.29 is 4.39 Å². The molecule has 0 fully saturated rings. The summed E-state index contributed by atoms with van der Waals surface area (Å²) in [6, 6.07) is 5.50. The molecular weight excluding hydrogens is 259 g/mol. The summed E-state index contributed by atoms with van der Waals surface area (Å²) in [5.74, 6) is -0.146. The van der Waals surface area contributed by atoms with Gasteiger partial charge in [0.25, 0.3) is 0 Å². The number of nitrogens with zero attached hydrogens (tertiary/aromatic N) is 1. The number of hydrogen-bond acceptors (Lipinski definition) is 3. The van der Waals surface area contributed by atoms with Crippen molar-refractivity contribution >= 4 is 11.3 Å². The predicted molar refractivity (Wildman–Crippen MR) is 78.0 cm³/mol. The van der Waals surface area contributed by atoms with Crippen LogP contribution in [0.4, 0.5) is 4.39 Å². The van der Waals surface area contributed by atoms with E-state index in [2.05, 4.69) is 17.2 Å². The Balaban J connectivity index is 2.00. The highest BCUT2D eigenvalue weighted by molar-refractivity contribution is 7.11. The van der Waals surface area contributed by atoms with Crippen LogP contribution in [-0.4, -0.2) is 4.98 Å². The van der Waals surface area contributed by atoms with E-state index in [-0.39, 0.29) is 11.9 Å². The molecule has 1 aromatic carbocycles. The van der Waals surface area contributed by atoms with Crippen LogP contribution in [0.25, 0.3) is 0 Å². The van der Waals surface area contributed by atoms with Crippen molar-refractivity contribution in [1.82, 2.24) is 10.3 Å². The SMILES string of the molecule is Cc1ccc(C(C)NCc2nc(C)c(C)s2)cc1F. The summed E-state index contributed by atoms with van der Waals surface area (Å²) in [4.78, 5) is 5.74. The second kappa shape index (κ2) is 5.80. The van der Waals surface area contributed by atoms with Gasteiger partial charge in [-0.05, 0) is 44.9 Å². The maximum absolute atomic E-state index is 13.5. The van der Waals surface area contributed by atoms with Crippen molar-refractivity contribution in [2.24, 2.45) is 0 Å². The van der Waals surface area contributed by atoms with Crippen LogP contribution < -0.4 is 5.32 Å². The lowest BCUT2D eigenvalue weighted by Crippen LogP contribution is -2.18. The minimum Gasteiger partial charge on any atom is -0.304 e. The average Bonchev–Trinajstić information content (AvgIpc) is 2.69. The van der Waals surface area contributed by atoms with E-state index in [0.29, 0.717) is 5.56 Å². The Kier molecular flexibility index (Phi) is 4.32. The van der Waals surface area contributed by atoms with Crippen molar-refractivity contribution in [3.05, 3.63) is 50.7 Å². The number of aromatic nitrogens is 1. The molecule has 0 spiro atoms. The first kappa shape index (κ1) is 14.2. The molecule has 0 saturated carbocycles. The third-order valence-corrected chi connectivity index (χ3v) is 4.40. The normalized spacial score (nSPS) is 12.7. The topological polar surface area (TPSA) is 24.9 Å². The summed E-state index contributed by atoms with van der Waals surface area (Å²) in [6.45, 7) is 8.63. The number of halogens is 1. The van der Waals surface area contributed by atoms with Crippen LogP contribution >= 0.6 is 11.3 Å². The summed E-state index contributed by atoms with van der Waals surface area (Å²) < 4.78 is 13.5. The molecule has 1 heterocycles. The fourth-order valence-electron chi connectivity index (χ4n) is 1.85. The number of benzene rings is 1. The van der Waals surface area contributed by atoms with Gasteiger partial charge in [-0.2, -0.15) is 0 Å². The van der Waals surface area contributed by atoms with Gasteiger partial charge >= 0.3 is 0 Å². The zero-order chi connectivity index (χ0) is 14.0. The van der Waals surface area contributed by atoms with Crippen LogP contribution in [0, 0.1) is 26.6 Å². The van der Waals surface area contributed by atoms with Crippen LogP contribution in [0.3, 0.4) is 0 Å². The summed E-state index contributed by atoms with van der Waals surface area (Å²) in [5.41, 5.74) is 2.74. The van der Waals surface area contributed by atoms with Crippen molar-refractivity contribution in [2.75, 3.05) is 0 Å². The van der Waals surface area contributed by atoms with Gasteiger partial charge < -0.3 is 5.32 Å². The molecule has 0 bridgehead atoms. The van der Waals surface area contributed by atoms with Gasteiger partial charge in [0.1, 0.15) is 10.8 Å². The van der Waals surface area contributed by atoms with E-state index in [4.69, 9.17) is 0 Å². The van der Waals surface area contributed by atoms with Crippen LogP contribution in [0.1, 0.15) is 39.7 Å². The van der Waals surface area contributed by atoms with Crippen LogP contribution in [0.15, 0.2) is 18.2 Å². The third-order valence-electron chi connectivity index (χ3n) is 3.33. The zero-order valence-electron chi connectivity index (χ0n) is 11.7. The highest BCUT2D eigenvalue weighted by Gasteiger charge is 2.09. The monoisotopic (exact) mass is 278 g/mol. The van der Waals surface area contributed by atoms with Gasteiger partial charge in [0.05, 0.1) is 5.69 Å². The number of nitrogens with one attached hydrogen (secondary N) is 1. The van der Waals surface area contributed by atoms with Gasteiger partial charge in [-0.25, -0.2) is 9.37 Å². The molecule has 1 unspecified atom stereocenters. The van der Waals surface area contributed by atoms with Crippen molar-refractivity contribution in [2.45, 2.75) is 40.3 Å². The molecule has 4 heteroatoms. The van der Waals surface area contributed by atoms with Gasteiger partial charge in [-0.3, -0.25) is 0 Å². The maximum atomic E-state index is 13.5. The van der Waals surface area contributed by atoms with Crippen LogP contribution in [-0.2, 0) is 6.54 Å².